The second-order valence-corrected chi connectivity index (χ2v) is 13.2. The molecule has 0 aliphatic heterocycles. The minimum absolute atomic E-state index is 0.170. The summed E-state index contributed by atoms with van der Waals surface area (Å²) in [7, 11) is -4.14. The maximum atomic E-state index is 12.3. The summed E-state index contributed by atoms with van der Waals surface area (Å²) >= 11 is 1.47. The first kappa shape index (κ1) is 32.5. The Morgan fingerprint density at radius 3 is 2.38 bits per heavy atom. The van der Waals surface area contributed by atoms with Crippen LogP contribution in [0.4, 0.5) is 5.82 Å². The lowest BCUT2D eigenvalue weighted by Crippen LogP contribution is -2.22. The molecule has 0 spiro atoms. The number of imidazole rings is 1. The van der Waals surface area contributed by atoms with Gasteiger partial charge in [-0.3, -0.25) is 9.05 Å². The average molecular weight is 650 g/mol. The van der Waals surface area contributed by atoms with Crippen molar-refractivity contribution in [1.29, 1.82) is 0 Å². The van der Waals surface area contributed by atoms with E-state index in [0.717, 1.165) is 12.7 Å². The van der Waals surface area contributed by atoms with Crippen LogP contribution in [-0.4, -0.2) is 76.4 Å². The third kappa shape index (κ3) is 7.73. The lowest BCUT2D eigenvalue weighted by Gasteiger charge is -2.21. The Morgan fingerprint density at radius 1 is 1.02 bits per heavy atom. The Morgan fingerprint density at radius 2 is 1.74 bits per heavy atom. The van der Waals surface area contributed by atoms with Gasteiger partial charge in [-0.15, -0.1) is 11.8 Å². The number of aromatic nitrogens is 4. The highest BCUT2D eigenvalue weighted by Gasteiger charge is 2.40. The third-order valence-corrected chi connectivity index (χ3v) is 10.1. The van der Waals surface area contributed by atoms with Gasteiger partial charge < -0.3 is 39.0 Å². The quantitative estimate of drug-likeness (QED) is 0.122. The third-order valence-electron chi connectivity index (χ3n) is 6.70. The Balaban J connectivity index is 1.47. The van der Waals surface area contributed by atoms with Gasteiger partial charge in [0, 0.05) is 42.5 Å². The number of nitrogens with two attached hydrogens (primary N) is 1. The number of hydrogen-bond donors (Lipinski definition) is 3. The van der Waals surface area contributed by atoms with E-state index in [-0.39, 0.29) is 24.4 Å². The fourth-order valence-corrected chi connectivity index (χ4v) is 7.40. The first-order chi connectivity index (χ1) is 20.0. The molecule has 1 aliphatic carbocycles. The van der Waals surface area contributed by atoms with E-state index in [1.807, 2.05) is 4.57 Å². The summed E-state index contributed by atoms with van der Waals surface area (Å²) in [5.74, 6) is 2.41. The van der Waals surface area contributed by atoms with Crippen LogP contribution < -0.4 is 19.9 Å². The van der Waals surface area contributed by atoms with Gasteiger partial charge in [0.25, 0.3) is 0 Å². The molecule has 1 aromatic carbocycles. The molecule has 0 saturated heterocycles. The van der Waals surface area contributed by atoms with Crippen molar-refractivity contribution >= 4 is 44.4 Å². The Labute approximate surface area is 246 Å². The molecule has 2 unspecified atom stereocenters. The molecule has 4 N–H and O–H groups in total. The van der Waals surface area contributed by atoms with Crippen molar-refractivity contribution in [3.63, 3.8) is 0 Å². The molecule has 4 rings (SSSR count). The van der Waals surface area contributed by atoms with Gasteiger partial charge in [0.2, 0.25) is 0 Å². The zero-order valence-corrected chi connectivity index (χ0v) is 25.9. The van der Waals surface area contributed by atoms with Crippen LogP contribution in [-0.2, 0) is 33.0 Å². The van der Waals surface area contributed by atoms with Crippen molar-refractivity contribution in [2.24, 2.45) is 5.92 Å². The van der Waals surface area contributed by atoms with Crippen LogP contribution in [0.2, 0.25) is 0 Å². The summed E-state index contributed by atoms with van der Waals surface area (Å²) in [5, 5.41) is 0. The summed E-state index contributed by atoms with van der Waals surface area (Å²) in [6.45, 7) is -0.298. The van der Waals surface area contributed by atoms with E-state index in [0.29, 0.717) is 47.0 Å². The number of phosphoric acid groups is 2. The molecular formula is C23H33N5O11P2S. The lowest BCUT2D eigenvalue weighted by molar-refractivity contribution is 0.0353. The van der Waals surface area contributed by atoms with E-state index < -0.39 is 27.7 Å². The number of nitrogen functional groups attached to an aromatic ring is 1. The van der Waals surface area contributed by atoms with Crippen molar-refractivity contribution in [2.45, 2.75) is 30.7 Å². The average Bonchev–Trinajstić information content (AvgIpc) is 3.58. The van der Waals surface area contributed by atoms with Gasteiger partial charge in [0.15, 0.2) is 11.5 Å². The number of anilines is 1. The highest BCUT2D eigenvalue weighted by molar-refractivity contribution is 7.98. The molecule has 232 valence electrons. The smallest absolute Gasteiger partial charge is 0.481 e. The van der Waals surface area contributed by atoms with Crippen molar-refractivity contribution in [2.75, 3.05) is 46.7 Å². The van der Waals surface area contributed by atoms with Crippen LogP contribution in [0.5, 0.6) is 17.2 Å². The predicted molar refractivity (Wildman–Crippen MR) is 152 cm³/mol. The number of benzene rings is 1. The second kappa shape index (κ2) is 13.9. The molecule has 16 nitrogen and oxygen atoms in total. The van der Waals surface area contributed by atoms with Crippen LogP contribution in [0, 0.1) is 5.92 Å². The molecule has 2 heterocycles. The molecular weight excluding hydrogens is 616 g/mol. The Bertz CT molecular complexity index is 1450. The fraction of sp³-hybridized carbons (Fsp3) is 0.522. The number of nitrogens with zero attached hydrogens (tertiary/aromatic N) is 4. The molecule has 19 heteroatoms. The first-order valence-electron chi connectivity index (χ1n) is 12.5. The predicted octanol–water partition coefficient (Wildman–Crippen LogP) is 3.54. The van der Waals surface area contributed by atoms with Crippen molar-refractivity contribution < 1.29 is 51.2 Å². The monoisotopic (exact) mass is 649 g/mol. The molecule has 1 saturated carbocycles. The van der Waals surface area contributed by atoms with E-state index in [1.54, 1.807) is 39.8 Å². The number of methoxy groups -OCH3 is 3. The van der Waals surface area contributed by atoms with Crippen molar-refractivity contribution in [3.8, 4) is 17.2 Å². The molecule has 0 radical (unpaired) electrons. The number of fused-ring (bicyclic) bond motifs is 1. The van der Waals surface area contributed by atoms with Gasteiger partial charge in [-0.2, -0.15) is 4.31 Å². The van der Waals surface area contributed by atoms with Gasteiger partial charge in [-0.1, -0.05) is 0 Å². The molecule has 3 aromatic rings. The highest BCUT2D eigenvalue weighted by atomic mass is 32.2. The minimum atomic E-state index is -4.93. The van der Waals surface area contributed by atoms with Gasteiger partial charge >= 0.3 is 15.6 Å². The molecule has 0 bridgehead atoms. The second-order valence-electron chi connectivity index (χ2n) is 9.15. The minimum Gasteiger partial charge on any atom is -0.496 e. The van der Waals surface area contributed by atoms with Crippen LogP contribution >= 0.6 is 27.4 Å². The van der Waals surface area contributed by atoms with Crippen LogP contribution in [0.3, 0.4) is 0 Å². The summed E-state index contributed by atoms with van der Waals surface area (Å²) < 4.78 is 62.0. The summed E-state index contributed by atoms with van der Waals surface area (Å²) in [6, 6.07) is 3.37. The molecule has 0 amide bonds. The standard InChI is InChI=1S/C23H33N5O11P2S/c1-33-16-7-19(34-2)17(20(8-16)35-3)10-42-13-37-18-6-15(28-12-27-21-22(24)25-11-26-23(21)28)5-14(18)9-38-41(31,32)39-40(29,30)36-4/h7-8,11-12,14-15,18H,5-6,9-10,13H2,1-4H3,(H,29,30)(H,31,32)(H2,24,25,26)/t14-,15-,18+/m1/s1. The van der Waals surface area contributed by atoms with Crippen LogP contribution in [0.25, 0.3) is 11.2 Å². The van der Waals surface area contributed by atoms with Crippen LogP contribution in [0.1, 0.15) is 24.4 Å². The maximum Gasteiger partial charge on any atom is 0.481 e. The normalized spacial score (nSPS) is 21.6. The molecule has 5 atom stereocenters. The van der Waals surface area contributed by atoms with Gasteiger partial charge in [-0.25, -0.2) is 24.1 Å². The van der Waals surface area contributed by atoms with Gasteiger partial charge in [0.05, 0.1) is 46.3 Å². The summed E-state index contributed by atoms with van der Waals surface area (Å²) in [5.41, 5.74) is 7.76. The van der Waals surface area contributed by atoms with E-state index in [2.05, 4.69) is 23.8 Å². The van der Waals surface area contributed by atoms with Crippen molar-refractivity contribution in [1.82, 2.24) is 19.5 Å². The number of hydrogen-bond acceptors (Lipinski definition) is 14. The van der Waals surface area contributed by atoms with E-state index in [1.165, 1.54) is 18.1 Å². The fourth-order valence-electron chi connectivity index (χ4n) is 4.68. The molecule has 42 heavy (non-hydrogen) atoms. The molecule has 1 aliphatic rings. The number of thioether (sulfide) groups is 1. The number of phosphoric ester groups is 2. The first-order valence-corrected chi connectivity index (χ1v) is 16.6. The maximum absolute atomic E-state index is 12.3. The molecule has 1 fully saturated rings. The molecule has 2 aromatic heterocycles. The van der Waals surface area contributed by atoms with Crippen molar-refractivity contribution in [3.05, 3.63) is 30.4 Å². The van der Waals surface area contributed by atoms with E-state index in [9.17, 15) is 18.9 Å². The zero-order chi connectivity index (χ0) is 30.5. The van der Waals surface area contributed by atoms with E-state index >= 15 is 0 Å². The zero-order valence-electron chi connectivity index (χ0n) is 23.3. The lowest BCUT2D eigenvalue weighted by atomic mass is 10.1. The number of ether oxygens (including phenoxy) is 4. The van der Waals surface area contributed by atoms with Crippen LogP contribution in [0.15, 0.2) is 24.8 Å². The summed E-state index contributed by atoms with van der Waals surface area (Å²) in [6.07, 6.45) is 3.47. The highest BCUT2D eigenvalue weighted by Crippen LogP contribution is 2.60. The largest absolute Gasteiger partial charge is 0.496 e. The Kier molecular flexibility index (Phi) is 10.7. The van der Waals surface area contributed by atoms with E-state index in [4.69, 9.17) is 29.2 Å². The Hall–Kier alpha value is -2.46. The number of rotatable bonds is 15. The topological polar surface area (TPSA) is 209 Å². The van der Waals surface area contributed by atoms with Gasteiger partial charge in [0.1, 0.15) is 29.1 Å². The SMILES string of the molecule is COc1cc(OC)c(CSCO[C@H]2C[C@H](n3cnc4c(N)ncnc43)C[C@@H]2COP(=O)(O)OP(=O)(O)OC)c(OC)c1. The van der Waals surface area contributed by atoms with Gasteiger partial charge in [-0.05, 0) is 12.8 Å². The summed E-state index contributed by atoms with van der Waals surface area (Å²) in [4.78, 5) is 32.1.